The predicted molar refractivity (Wildman–Crippen MR) is 74.7 cm³/mol. The monoisotopic (exact) mass is 305 g/mol. The number of carbonyl (C=O) groups is 2. The van der Waals surface area contributed by atoms with Gasteiger partial charge < -0.3 is 0 Å². The molecule has 0 N–H and O–H groups in total. The van der Waals surface area contributed by atoms with Crippen molar-refractivity contribution in [1.29, 1.82) is 0 Å². The average molecular weight is 305 g/mol. The number of hydrogen-bond donors (Lipinski definition) is 0. The molecule has 114 valence electrons. The number of benzene rings is 1. The molecule has 0 saturated carbocycles. The maximum Gasteiger partial charge on any atom is 0.283 e. The number of amides is 2. The highest BCUT2D eigenvalue weighted by Gasteiger charge is 2.25. The molecule has 1 fully saturated rings. The van der Waals surface area contributed by atoms with E-state index in [1.54, 1.807) is 0 Å². The van der Waals surface area contributed by atoms with Crippen molar-refractivity contribution in [3.8, 4) is 0 Å². The maximum atomic E-state index is 11.8. The molecule has 0 atom stereocenters. The van der Waals surface area contributed by atoms with Crippen molar-refractivity contribution in [3.63, 3.8) is 0 Å². The summed E-state index contributed by atoms with van der Waals surface area (Å²) >= 11 is 0. The topological polar surface area (TPSA) is 124 Å². The highest BCUT2D eigenvalue weighted by atomic mass is 16.6. The molecular weight excluding hydrogens is 294 g/mol. The zero-order valence-electron chi connectivity index (χ0n) is 11.3. The zero-order chi connectivity index (χ0) is 16.3. The van der Waals surface area contributed by atoms with Gasteiger partial charge in [-0.2, -0.15) is 0 Å². The Hall–Kier alpha value is -3.10. The fraction of sp³-hybridized carbons (Fsp3) is 0.231. The first-order chi connectivity index (χ1) is 10.4. The van der Waals surface area contributed by atoms with E-state index in [9.17, 15) is 29.8 Å². The lowest BCUT2D eigenvalue weighted by Gasteiger charge is -2.09. The van der Waals surface area contributed by atoms with Crippen LogP contribution in [0.1, 0.15) is 18.4 Å². The predicted octanol–water partition coefficient (Wildman–Crippen LogP) is 1.67. The standard InChI is InChI=1S/C13H11N3O6/c17-12-2-1-7-14(12)13(18)6-4-9-3-5-10(15(19)20)8-11(9)16(21)22/h3-6,8H,1-2,7H2. The third kappa shape index (κ3) is 3.14. The fourth-order valence-electron chi connectivity index (χ4n) is 2.08. The van der Waals surface area contributed by atoms with Gasteiger partial charge in [0.2, 0.25) is 5.91 Å². The number of likely N-dealkylation sites (tertiary alicyclic amines) is 1. The number of hydrogen-bond acceptors (Lipinski definition) is 6. The van der Waals surface area contributed by atoms with Crippen LogP contribution in [-0.2, 0) is 9.59 Å². The Morgan fingerprint density at radius 1 is 1.23 bits per heavy atom. The maximum absolute atomic E-state index is 11.8. The summed E-state index contributed by atoms with van der Waals surface area (Å²) in [6.45, 7) is 0.324. The van der Waals surface area contributed by atoms with Crippen LogP contribution in [0.4, 0.5) is 11.4 Å². The number of nitro benzene ring substituents is 2. The average Bonchev–Trinajstić information content (AvgIpc) is 2.90. The van der Waals surface area contributed by atoms with Crippen molar-refractivity contribution in [2.24, 2.45) is 0 Å². The van der Waals surface area contributed by atoms with Crippen LogP contribution in [-0.4, -0.2) is 33.1 Å². The second kappa shape index (κ2) is 6.12. The highest BCUT2D eigenvalue weighted by molar-refractivity contribution is 6.04. The van der Waals surface area contributed by atoms with Gasteiger partial charge in [0.05, 0.1) is 21.5 Å². The minimum Gasteiger partial charge on any atom is -0.279 e. The minimum absolute atomic E-state index is 0.0515. The molecule has 22 heavy (non-hydrogen) atoms. The summed E-state index contributed by atoms with van der Waals surface area (Å²) < 4.78 is 0. The smallest absolute Gasteiger partial charge is 0.279 e. The lowest BCUT2D eigenvalue weighted by Crippen LogP contribution is -2.30. The molecule has 1 aliphatic rings. The van der Waals surface area contributed by atoms with Crippen LogP contribution in [0.15, 0.2) is 24.3 Å². The van der Waals surface area contributed by atoms with Crippen molar-refractivity contribution in [1.82, 2.24) is 4.90 Å². The summed E-state index contributed by atoms with van der Waals surface area (Å²) in [6.07, 6.45) is 3.13. The normalized spacial score (nSPS) is 14.5. The molecule has 0 aliphatic carbocycles. The molecular formula is C13H11N3O6. The van der Waals surface area contributed by atoms with Crippen LogP contribution in [0.5, 0.6) is 0 Å². The number of nitrogens with zero attached hydrogens (tertiary/aromatic N) is 3. The van der Waals surface area contributed by atoms with E-state index in [0.717, 1.165) is 23.1 Å². The van der Waals surface area contributed by atoms with Crippen LogP contribution >= 0.6 is 0 Å². The van der Waals surface area contributed by atoms with Crippen molar-refractivity contribution < 1.29 is 19.4 Å². The molecule has 1 aromatic rings. The van der Waals surface area contributed by atoms with Crippen LogP contribution in [0.3, 0.4) is 0 Å². The third-order valence-corrected chi connectivity index (χ3v) is 3.17. The van der Waals surface area contributed by atoms with Crippen LogP contribution in [0.25, 0.3) is 6.08 Å². The zero-order valence-corrected chi connectivity index (χ0v) is 11.3. The summed E-state index contributed by atoms with van der Waals surface area (Å²) in [7, 11) is 0. The van der Waals surface area contributed by atoms with E-state index in [4.69, 9.17) is 0 Å². The number of carbonyl (C=O) groups excluding carboxylic acids is 2. The van der Waals surface area contributed by atoms with E-state index in [1.807, 2.05) is 0 Å². The van der Waals surface area contributed by atoms with Crippen molar-refractivity contribution in [2.45, 2.75) is 12.8 Å². The van der Waals surface area contributed by atoms with Gasteiger partial charge in [-0.05, 0) is 18.6 Å². The Bertz CT molecular complexity index is 697. The molecule has 0 unspecified atom stereocenters. The van der Waals surface area contributed by atoms with Gasteiger partial charge in [0, 0.05) is 25.1 Å². The van der Waals surface area contributed by atoms with Gasteiger partial charge in [-0.3, -0.25) is 34.7 Å². The summed E-state index contributed by atoms with van der Waals surface area (Å²) in [5, 5.41) is 21.6. The largest absolute Gasteiger partial charge is 0.283 e. The number of nitro groups is 2. The molecule has 9 heteroatoms. The Balaban J connectivity index is 2.26. The van der Waals surface area contributed by atoms with Gasteiger partial charge in [0.15, 0.2) is 0 Å². The van der Waals surface area contributed by atoms with Crippen molar-refractivity contribution >= 4 is 29.3 Å². The summed E-state index contributed by atoms with van der Waals surface area (Å²) in [5.74, 6) is -0.844. The Morgan fingerprint density at radius 3 is 2.50 bits per heavy atom. The first-order valence-corrected chi connectivity index (χ1v) is 6.35. The van der Waals surface area contributed by atoms with Gasteiger partial charge in [0.25, 0.3) is 17.3 Å². The molecule has 1 aromatic carbocycles. The second-order valence-electron chi connectivity index (χ2n) is 4.58. The SMILES string of the molecule is O=C(C=Cc1ccc([N+](=O)[O-])cc1[N+](=O)[O-])N1CCCC1=O. The fourth-order valence-corrected chi connectivity index (χ4v) is 2.08. The molecule has 0 radical (unpaired) electrons. The van der Waals surface area contributed by atoms with Crippen LogP contribution in [0.2, 0.25) is 0 Å². The lowest BCUT2D eigenvalue weighted by atomic mass is 10.1. The van der Waals surface area contributed by atoms with E-state index in [1.165, 1.54) is 12.1 Å². The minimum atomic E-state index is -0.766. The summed E-state index contributed by atoms with van der Waals surface area (Å²) in [6, 6.07) is 3.12. The third-order valence-electron chi connectivity index (χ3n) is 3.17. The molecule has 2 amide bonds. The first-order valence-electron chi connectivity index (χ1n) is 6.35. The van der Waals surface area contributed by atoms with Gasteiger partial charge in [0.1, 0.15) is 0 Å². The number of rotatable bonds is 4. The Labute approximate surface area is 124 Å². The first kappa shape index (κ1) is 15.3. The molecule has 1 aliphatic heterocycles. The van der Waals surface area contributed by atoms with Crippen LogP contribution in [0, 0.1) is 20.2 Å². The lowest BCUT2D eigenvalue weighted by molar-refractivity contribution is -0.394. The van der Waals surface area contributed by atoms with Gasteiger partial charge in [-0.1, -0.05) is 0 Å². The van der Waals surface area contributed by atoms with Gasteiger partial charge >= 0.3 is 0 Å². The van der Waals surface area contributed by atoms with Crippen molar-refractivity contribution in [2.75, 3.05) is 6.54 Å². The van der Waals surface area contributed by atoms with E-state index in [2.05, 4.69) is 0 Å². The van der Waals surface area contributed by atoms with Gasteiger partial charge in [-0.15, -0.1) is 0 Å². The van der Waals surface area contributed by atoms with E-state index >= 15 is 0 Å². The van der Waals surface area contributed by atoms with E-state index < -0.39 is 27.1 Å². The Kier molecular flexibility index (Phi) is 4.25. The molecule has 0 aromatic heterocycles. The van der Waals surface area contributed by atoms with Crippen molar-refractivity contribution in [3.05, 3.63) is 50.1 Å². The summed E-state index contributed by atoms with van der Waals surface area (Å²) in [5.41, 5.74) is -0.841. The Morgan fingerprint density at radius 2 is 1.95 bits per heavy atom. The summed E-state index contributed by atoms with van der Waals surface area (Å²) in [4.78, 5) is 44.4. The molecule has 0 bridgehead atoms. The second-order valence-corrected chi connectivity index (χ2v) is 4.58. The molecule has 2 rings (SSSR count). The number of non-ortho nitro benzene ring substituents is 1. The van der Waals surface area contributed by atoms with Gasteiger partial charge in [-0.25, -0.2) is 0 Å². The van der Waals surface area contributed by atoms with E-state index in [0.29, 0.717) is 19.4 Å². The molecule has 1 saturated heterocycles. The van der Waals surface area contributed by atoms with E-state index in [-0.39, 0.29) is 11.5 Å². The quantitative estimate of drug-likeness (QED) is 0.473. The number of imide groups is 1. The molecule has 1 heterocycles. The van der Waals surface area contributed by atoms with Crippen LogP contribution < -0.4 is 0 Å². The molecule has 9 nitrogen and oxygen atoms in total. The molecule has 0 spiro atoms. The highest BCUT2D eigenvalue weighted by Crippen LogP contribution is 2.25.